The molecule has 4 amide bonds. The average molecular weight is 674 g/mol. The van der Waals surface area contributed by atoms with Crippen molar-refractivity contribution >= 4 is 29.5 Å². The van der Waals surface area contributed by atoms with Gasteiger partial charge in [-0.1, -0.05) is 100 Å². The molecule has 4 atom stereocenters. The molecule has 49 heavy (non-hydrogen) atoms. The standard InChI is InChI=1S/C38H51N5O6/c1-25(2)21-31(33(44)23-34(45)40-20-19-27-11-7-5-8-12-27)41-37(47)35(26(3)4)43-36(46)32(22-28-15-17-30(39)18-16-28)42-38(48)49-24-29-13-9-6-10-14-29/h5-18,25-26,31-33,35,44H,19-24,39H2,1-4H3,(H,40,45)(H,41,47)(H,42,48)(H,43,46)/t31-,32-,33-,35-/m0/s1. The molecule has 0 bridgehead atoms. The predicted molar refractivity (Wildman–Crippen MR) is 190 cm³/mol. The summed E-state index contributed by atoms with van der Waals surface area (Å²) in [5.41, 5.74) is 9.01. The highest BCUT2D eigenvalue weighted by Gasteiger charge is 2.32. The first-order chi connectivity index (χ1) is 23.4. The van der Waals surface area contributed by atoms with Gasteiger partial charge >= 0.3 is 6.09 Å². The molecule has 11 nitrogen and oxygen atoms in total. The number of aliphatic hydroxyl groups excluding tert-OH is 1. The first kappa shape index (κ1) is 38.5. The lowest BCUT2D eigenvalue weighted by molar-refractivity contribution is -0.132. The molecule has 264 valence electrons. The van der Waals surface area contributed by atoms with Crippen molar-refractivity contribution in [2.75, 3.05) is 12.3 Å². The van der Waals surface area contributed by atoms with Crippen molar-refractivity contribution in [2.24, 2.45) is 11.8 Å². The minimum Gasteiger partial charge on any atom is -0.445 e. The number of alkyl carbamates (subject to hydrolysis) is 1. The number of rotatable bonds is 18. The van der Waals surface area contributed by atoms with Crippen LogP contribution in [0.5, 0.6) is 0 Å². The van der Waals surface area contributed by atoms with Gasteiger partial charge in [-0.15, -0.1) is 0 Å². The summed E-state index contributed by atoms with van der Waals surface area (Å²) in [7, 11) is 0. The second kappa shape index (κ2) is 19.8. The van der Waals surface area contributed by atoms with E-state index in [2.05, 4.69) is 21.3 Å². The van der Waals surface area contributed by atoms with Crippen LogP contribution in [0.1, 0.15) is 57.2 Å². The van der Waals surface area contributed by atoms with Crippen LogP contribution in [0.15, 0.2) is 84.9 Å². The highest BCUT2D eigenvalue weighted by atomic mass is 16.5. The second-order valence-electron chi connectivity index (χ2n) is 13.0. The maximum absolute atomic E-state index is 13.7. The quantitative estimate of drug-likeness (QED) is 0.111. The Bertz CT molecular complexity index is 1470. The lowest BCUT2D eigenvalue weighted by atomic mass is 9.95. The van der Waals surface area contributed by atoms with E-state index in [1.165, 1.54) is 0 Å². The van der Waals surface area contributed by atoms with Crippen LogP contribution in [0.25, 0.3) is 0 Å². The molecule has 3 aromatic carbocycles. The monoisotopic (exact) mass is 673 g/mol. The number of carbonyl (C=O) groups is 4. The number of benzene rings is 3. The van der Waals surface area contributed by atoms with Gasteiger partial charge in [0.25, 0.3) is 0 Å². The first-order valence-corrected chi connectivity index (χ1v) is 16.8. The predicted octanol–water partition coefficient (Wildman–Crippen LogP) is 3.89. The fourth-order valence-corrected chi connectivity index (χ4v) is 5.28. The molecule has 7 N–H and O–H groups in total. The number of nitrogen functional groups attached to an aromatic ring is 1. The van der Waals surface area contributed by atoms with E-state index < -0.39 is 42.1 Å². The van der Waals surface area contributed by atoms with Crippen LogP contribution in [0.4, 0.5) is 10.5 Å². The largest absolute Gasteiger partial charge is 0.445 e. The molecule has 0 saturated heterocycles. The van der Waals surface area contributed by atoms with Crippen LogP contribution < -0.4 is 27.0 Å². The summed E-state index contributed by atoms with van der Waals surface area (Å²) < 4.78 is 5.37. The number of nitrogens with one attached hydrogen (secondary N) is 4. The number of amides is 4. The molecule has 0 saturated carbocycles. The van der Waals surface area contributed by atoms with Crippen molar-refractivity contribution in [1.82, 2.24) is 21.3 Å². The molecule has 11 heteroatoms. The van der Waals surface area contributed by atoms with Gasteiger partial charge in [-0.2, -0.15) is 0 Å². The van der Waals surface area contributed by atoms with E-state index in [0.29, 0.717) is 25.1 Å². The molecule has 0 spiro atoms. The Hall–Kier alpha value is -4.90. The van der Waals surface area contributed by atoms with E-state index in [1.807, 2.05) is 74.5 Å². The van der Waals surface area contributed by atoms with E-state index in [9.17, 15) is 24.3 Å². The van der Waals surface area contributed by atoms with E-state index in [1.54, 1.807) is 38.1 Å². The summed E-state index contributed by atoms with van der Waals surface area (Å²) in [6, 6.07) is 23.0. The third kappa shape index (κ3) is 14.0. The molecule has 3 aromatic rings. The molecule has 0 aliphatic rings. The number of ether oxygens (including phenoxy) is 1. The topological polar surface area (TPSA) is 172 Å². The van der Waals surface area contributed by atoms with Crippen molar-refractivity contribution < 1.29 is 29.0 Å². The van der Waals surface area contributed by atoms with Gasteiger partial charge in [-0.25, -0.2) is 4.79 Å². The molecule has 0 aliphatic heterocycles. The Morgan fingerprint density at radius 2 is 1.37 bits per heavy atom. The Balaban J connectivity index is 1.66. The summed E-state index contributed by atoms with van der Waals surface area (Å²) in [6.45, 7) is 7.92. The zero-order valence-electron chi connectivity index (χ0n) is 28.9. The molecule has 3 rings (SSSR count). The van der Waals surface area contributed by atoms with Crippen molar-refractivity contribution in [3.63, 3.8) is 0 Å². The van der Waals surface area contributed by atoms with Gasteiger partial charge in [0, 0.05) is 18.7 Å². The number of hydrogen-bond acceptors (Lipinski definition) is 7. The number of carbonyl (C=O) groups excluding carboxylic acids is 4. The van der Waals surface area contributed by atoms with Crippen molar-refractivity contribution in [3.05, 3.63) is 102 Å². The first-order valence-electron chi connectivity index (χ1n) is 16.8. The highest BCUT2D eigenvalue weighted by Crippen LogP contribution is 2.14. The second-order valence-corrected chi connectivity index (χ2v) is 13.0. The molecule has 0 fully saturated rings. The van der Waals surface area contributed by atoms with Crippen LogP contribution in [0.3, 0.4) is 0 Å². The van der Waals surface area contributed by atoms with Crippen molar-refractivity contribution in [1.29, 1.82) is 0 Å². The fraction of sp³-hybridized carbons (Fsp3) is 0.421. The van der Waals surface area contributed by atoms with E-state index in [-0.39, 0.29) is 37.2 Å². The third-order valence-electron chi connectivity index (χ3n) is 7.98. The molecule has 0 radical (unpaired) electrons. The van der Waals surface area contributed by atoms with Gasteiger partial charge in [0.1, 0.15) is 18.7 Å². The van der Waals surface area contributed by atoms with E-state index in [4.69, 9.17) is 10.5 Å². The van der Waals surface area contributed by atoms with E-state index >= 15 is 0 Å². The Labute approximate surface area is 289 Å². The third-order valence-corrected chi connectivity index (χ3v) is 7.98. The zero-order valence-corrected chi connectivity index (χ0v) is 28.9. The minimum absolute atomic E-state index is 0.0184. The SMILES string of the molecule is CC(C)C[C@H](NC(=O)[C@@H](NC(=O)[C@H](Cc1ccc(N)cc1)NC(=O)OCc1ccccc1)C(C)C)[C@@H](O)CC(=O)NCCc1ccccc1. The van der Waals surface area contributed by atoms with Gasteiger partial charge in [0.2, 0.25) is 17.7 Å². The minimum atomic E-state index is -1.15. The number of hydrogen-bond donors (Lipinski definition) is 6. The molecule has 0 heterocycles. The Kier molecular flexibility index (Phi) is 15.6. The maximum Gasteiger partial charge on any atom is 0.408 e. The lowest BCUT2D eigenvalue weighted by Gasteiger charge is -2.30. The number of nitrogens with two attached hydrogens (primary N) is 1. The average Bonchev–Trinajstić information content (AvgIpc) is 3.07. The summed E-state index contributed by atoms with van der Waals surface area (Å²) in [5, 5.41) is 22.2. The number of aliphatic hydroxyl groups is 1. The molecule has 0 aromatic heterocycles. The molecule has 0 aliphatic carbocycles. The summed E-state index contributed by atoms with van der Waals surface area (Å²) in [5.74, 6) is -1.65. The summed E-state index contributed by atoms with van der Waals surface area (Å²) >= 11 is 0. The van der Waals surface area contributed by atoms with Gasteiger partial charge in [0.05, 0.1) is 18.6 Å². The van der Waals surface area contributed by atoms with Crippen molar-refractivity contribution in [3.8, 4) is 0 Å². The van der Waals surface area contributed by atoms with Crippen LogP contribution in [-0.2, 0) is 38.6 Å². The smallest absolute Gasteiger partial charge is 0.408 e. The Morgan fingerprint density at radius 1 is 0.755 bits per heavy atom. The fourth-order valence-electron chi connectivity index (χ4n) is 5.28. The highest BCUT2D eigenvalue weighted by molar-refractivity contribution is 5.91. The van der Waals surface area contributed by atoms with Gasteiger partial charge < -0.3 is 36.8 Å². The molecule has 0 unspecified atom stereocenters. The molecular formula is C38H51N5O6. The van der Waals surface area contributed by atoms with Crippen LogP contribution in [0, 0.1) is 11.8 Å². The zero-order chi connectivity index (χ0) is 35.8. The Morgan fingerprint density at radius 3 is 1.96 bits per heavy atom. The van der Waals surface area contributed by atoms with Crippen LogP contribution >= 0.6 is 0 Å². The normalized spacial score (nSPS) is 13.5. The van der Waals surface area contributed by atoms with Gasteiger partial charge in [-0.05, 0) is 53.5 Å². The maximum atomic E-state index is 13.7. The van der Waals surface area contributed by atoms with Crippen LogP contribution in [-0.4, -0.2) is 59.7 Å². The lowest BCUT2D eigenvalue weighted by Crippen LogP contribution is -2.58. The number of anilines is 1. The van der Waals surface area contributed by atoms with Crippen molar-refractivity contribution in [2.45, 2.75) is 84.2 Å². The summed E-state index contributed by atoms with van der Waals surface area (Å²) in [4.78, 5) is 52.8. The van der Waals surface area contributed by atoms with E-state index in [0.717, 1.165) is 16.7 Å². The van der Waals surface area contributed by atoms with Crippen LogP contribution in [0.2, 0.25) is 0 Å². The van der Waals surface area contributed by atoms with Gasteiger partial charge in [-0.3, -0.25) is 14.4 Å². The molecular weight excluding hydrogens is 622 g/mol. The summed E-state index contributed by atoms with van der Waals surface area (Å²) in [6.07, 6.45) is -0.934. The van der Waals surface area contributed by atoms with Gasteiger partial charge in [0.15, 0.2) is 0 Å².